The highest BCUT2D eigenvalue weighted by atomic mass is 35.5. The molecule has 0 aliphatic rings. The van der Waals surface area contributed by atoms with Crippen LogP contribution in [0.5, 0.6) is 5.75 Å². The van der Waals surface area contributed by atoms with E-state index in [0.29, 0.717) is 15.6 Å². The first-order chi connectivity index (χ1) is 13.5. The lowest BCUT2D eigenvalue weighted by Crippen LogP contribution is -2.18. The zero-order valence-electron chi connectivity index (χ0n) is 15.8. The first-order valence-corrected chi connectivity index (χ1v) is 10.3. The fourth-order valence-corrected chi connectivity index (χ4v) is 3.88. The number of pyridine rings is 1. The number of unbranched alkanes of at least 4 members (excludes halogenated alkanes) is 1. The van der Waals surface area contributed by atoms with Crippen molar-refractivity contribution in [3.05, 3.63) is 52.0 Å². The van der Waals surface area contributed by atoms with Gasteiger partial charge in [-0.25, -0.2) is 0 Å². The molecule has 1 atom stereocenters. The van der Waals surface area contributed by atoms with Crippen molar-refractivity contribution >= 4 is 39.1 Å². The van der Waals surface area contributed by atoms with Gasteiger partial charge in [-0.1, -0.05) is 36.3 Å². The van der Waals surface area contributed by atoms with Gasteiger partial charge in [0, 0.05) is 17.8 Å². The quantitative estimate of drug-likeness (QED) is 0.626. The van der Waals surface area contributed by atoms with Crippen molar-refractivity contribution in [2.75, 3.05) is 6.61 Å². The number of ether oxygens (including phenoxy) is 1. The molecule has 0 saturated carbocycles. The SMILES string of the molecule is CCCCn1c(=NC(=O)c2cc(Cl)ccc2OC[C@H](C)O)sc2ccncc21. The van der Waals surface area contributed by atoms with Gasteiger partial charge in [0.15, 0.2) is 4.80 Å². The van der Waals surface area contributed by atoms with Gasteiger partial charge in [0.2, 0.25) is 0 Å². The second-order valence-corrected chi connectivity index (χ2v) is 7.90. The van der Waals surface area contributed by atoms with Crippen molar-refractivity contribution < 1.29 is 14.6 Å². The lowest BCUT2D eigenvalue weighted by atomic mass is 10.2. The number of fused-ring (bicyclic) bond motifs is 1. The minimum absolute atomic E-state index is 0.0764. The third kappa shape index (κ3) is 4.79. The number of hydrogen-bond donors (Lipinski definition) is 1. The summed E-state index contributed by atoms with van der Waals surface area (Å²) in [7, 11) is 0. The maximum Gasteiger partial charge on any atom is 0.283 e. The first-order valence-electron chi connectivity index (χ1n) is 9.12. The Balaban J connectivity index is 2.04. The maximum absolute atomic E-state index is 12.9. The average molecular weight is 420 g/mol. The minimum Gasteiger partial charge on any atom is -0.490 e. The Bertz CT molecular complexity index is 1040. The van der Waals surface area contributed by atoms with Crippen LogP contribution in [0.4, 0.5) is 0 Å². The van der Waals surface area contributed by atoms with Crippen molar-refractivity contribution in [2.45, 2.75) is 39.3 Å². The van der Waals surface area contributed by atoms with Crippen molar-refractivity contribution in [3.63, 3.8) is 0 Å². The second kappa shape index (κ2) is 9.32. The van der Waals surface area contributed by atoms with Crippen LogP contribution in [0.25, 0.3) is 10.2 Å². The predicted octanol–water partition coefficient (Wildman–Crippen LogP) is 4.05. The summed E-state index contributed by atoms with van der Waals surface area (Å²) in [4.78, 5) is 22.1. The predicted molar refractivity (Wildman–Crippen MR) is 111 cm³/mol. The van der Waals surface area contributed by atoms with Crippen molar-refractivity contribution in [2.24, 2.45) is 4.99 Å². The highest BCUT2D eigenvalue weighted by Crippen LogP contribution is 2.24. The molecule has 3 aromatic rings. The molecule has 28 heavy (non-hydrogen) atoms. The number of aliphatic hydroxyl groups excluding tert-OH is 1. The van der Waals surface area contributed by atoms with Gasteiger partial charge >= 0.3 is 0 Å². The lowest BCUT2D eigenvalue weighted by molar-refractivity contribution is 0.0981. The highest BCUT2D eigenvalue weighted by Gasteiger charge is 2.15. The molecule has 2 heterocycles. The topological polar surface area (TPSA) is 76.7 Å². The summed E-state index contributed by atoms with van der Waals surface area (Å²) in [6, 6.07) is 6.72. The Kier molecular flexibility index (Phi) is 6.83. The number of thiazole rings is 1. The Hall–Kier alpha value is -2.22. The Morgan fingerprint density at radius 1 is 1.43 bits per heavy atom. The van der Waals surface area contributed by atoms with E-state index in [1.165, 1.54) is 17.4 Å². The second-order valence-electron chi connectivity index (χ2n) is 6.45. The number of nitrogens with zero attached hydrogens (tertiary/aromatic N) is 3. The number of carbonyl (C=O) groups is 1. The molecular formula is C20H22ClN3O3S. The van der Waals surface area contributed by atoms with Gasteiger partial charge < -0.3 is 14.4 Å². The summed E-state index contributed by atoms with van der Waals surface area (Å²) in [6.45, 7) is 4.57. The third-order valence-electron chi connectivity index (χ3n) is 4.07. The smallest absolute Gasteiger partial charge is 0.283 e. The third-order valence-corrected chi connectivity index (χ3v) is 5.36. The van der Waals surface area contributed by atoms with Crippen LogP contribution < -0.4 is 9.54 Å². The van der Waals surface area contributed by atoms with Crippen LogP contribution in [0, 0.1) is 0 Å². The van der Waals surface area contributed by atoms with Crippen LogP contribution in [-0.4, -0.2) is 33.3 Å². The molecule has 0 saturated heterocycles. The number of aromatic nitrogens is 2. The summed E-state index contributed by atoms with van der Waals surface area (Å²) in [5, 5.41) is 9.88. The molecule has 0 bridgehead atoms. The maximum atomic E-state index is 12.9. The Morgan fingerprint density at radius 2 is 2.25 bits per heavy atom. The Labute approximate surface area is 172 Å². The molecule has 148 valence electrons. The molecule has 3 rings (SSSR count). The van der Waals surface area contributed by atoms with Gasteiger partial charge in [0.05, 0.1) is 28.1 Å². The summed E-state index contributed by atoms with van der Waals surface area (Å²) < 4.78 is 8.61. The van der Waals surface area contributed by atoms with Crippen LogP contribution in [0.2, 0.25) is 5.02 Å². The lowest BCUT2D eigenvalue weighted by Gasteiger charge is -2.11. The summed E-state index contributed by atoms with van der Waals surface area (Å²) in [6.07, 6.45) is 4.88. The van der Waals surface area contributed by atoms with E-state index in [-0.39, 0.29) is 12.2 Å². The molecule has 0 fully saturated rings. The molecule has 1 amide bonds. The average Bonchev–Trinajstić information content (AvgIpc) is 3.02. The molecule has 0 unspecified atom stereocenters. The van der Waals surface area contributed by atoms with Crippen LogP contribution in [-0.2, 0) is 6.54 Å². The van der Waals surface area contributed by atoms with E-state index in [2.05, 4.69) is 16.9 Å². The molecule has 1 aromatic carbocycles. The molecule has 1 N–H and O–H groups in total. The molecule has 0 radical (unpaired) electrons. The van der Waals surface area contributed by atoms with Crippen LogP contribution in [0.3, 0.4) is 0 Å². The fourth-order valence-electron chi connectivity index (χ4n) is 2.69. The van der Waals surface area contributed by atoms with Crippen molar-refractivity contribution in [1.29, 1.82) is 0 Å². The number of halogens is 1. The summed E-state index contributed by atoms with van der Waals surface area (Å²) in [5.74, 6) is -0.0882. The number of carbonyl (C=O) groups excluding carboxylic acids is 1. The molecule has 6 nitrogen and oxygen atoms in total. The van der Waals surface area contributed by atoms with E-state index in [0.717, 1.165) is 29.6 Å². The Morgan fingerprint density at radius 3 is 3.00 bits per heavy atom. The van der Waals surface area contributed by atoms with Crippen LogP contribution in [0.1, 0.15) is 37.0 Å². The van der Waals surface area contributed by atoms with Gasteiger partial charge in [-0.3, -0.25) is 9.78 Å². The van der Waals surface area contributed by atoms with Crippen LogP contribution >= 0.6 is 22.9 Å². The molecule has 8 heteroatoms. The van der Waals surface area contributed by atoms with Gasteiger partial charge in [0.25, 0.3) is 5.91 Å². The van der Waals surface area contributed by atoms with Gasteiger partial charge in [-0.15, -0.1) is 0 Å². The molecule has 0 spiro atoms. The molecule has 0 aliphatic carbocycles. The zero-order valence-corrected chi connectivity index (χ0v) is 17.3. The normalized spacial score (nSPS) is 13.1. The zero-order chi connectivity index (χ0) is 20.1. The van der Waals surface area contributed by atoms with Gasteiger partial charge in [-0.2, -0.15) is 4.99 Å². The van der Waals surface area contributed by atoms with Crippen molar-refractivity contribution in [3.8, 4) is 5.75 Å². The van der Waals surface area contributed by atoms with E-state index in [1.54, 1.807) is 31.5 Å². The van der Waals surface area contributed by atoms with Crippen LogP contribution in [0.15, 0.2) is 41.7 Å². The van der Waals surface area contributed by atoms with E-state index in [1.807, 2.05) is 10.6 Å². The molecule has 2 aromatic heterocycles. The monoisotopic (exact) mass is 419 g/mol. The molecular weight excluding hydrogens is 398 g/mol. The number of rotatable bonds is 7. The first kappa shape index (κ1) is 20.5. The largest absolute Gasteiger partial charge is 0.490 e. The number of amides is 1. The minimum atomic E-state index is -0.651. The van der Waals surface area contributed by atoms with E-state index < -0.39 is 12.0 Å². The standard InChI is InChI=1S/C20H22ClN3O3S/c1-3-4-9-24-16-11-22-8-7-18(16)28-20(24)23-19(26)15-10-14(21)5-6-17(15)27-12-13(2)25/h5-8,10-11,13,25H,3-4,9,12H2,1-2H3/t13-/m0/s1. The number of benzene rings is 1. The summed E-state index contributed by atoms with van der Waals surface area (Å²) in [5.41, 5.74) is 1.23. The summed E-state index contributed by atoms with van der Waals surface area (Å²) >= 11 is 7.53. The highest BCUT2D eigenvalue weighted by molar-refractivity contribution is 7.16. The van der Waals surface area contributed by atoms with E-state index in [4.69, 9.17) is 16.3 Å². The fraction of sp³-hybridized carbons (Fsp3) is 0.350. The number of hydrogen-bond acceptors (Lipinski definition) is 5. The van der Waals surface area contributed by atoms with E-state index in [9.17, 15) is 9.90 Å². The van der Waals surface area contributed by atoms with Crippen molar-refractivity contribution in [1.82, 2.24) is 9.55 Å². The van der Waals surface area contributed by atoms with E-state index >= 15 is 0 Å². The number of aryl methyl sites for hydroxylation is 1. The molecule has 0 aliphatic heterocycles. The van der Waals surface area contributed by atoms with Gasteiger partial charge in [-0.05, 0) is 37.6 Å². The number of aliphatic hydroxyl groups is 1. The van der Waals surface area contributed by atoms with Gasteiger partial charge in [0.1, 0.15) is 12.4 Å².